The highest BCUT2D eigenvalue weighted by Gasteiger charge is 2.36. The number of rotatable bonds is 1. The molecule has 1 aromatic carbocycles. The first-order valence-electron chi connectivity index (χ1n) is 6.93. The number of hydrogen-bond donors (Lipinski definition) is 1. The second kappa shape index (κ2) is 4.47. The van der Waals surface area contributed by atoms with Gasteiger partial charge in [-0.1, -0.05) is 18.2 Å². The quantitative estimate of drug-likeness (QED) is 0.865. The molecule has 104 valence electrons. The van der Waals surface area contributed by atoms with Gasteiger partial charge in [-0.2, -0.15) is 0 Å². The third kappa shape index (κ3) is 1.92. The number of pyridine rings is 1. The maximum absolute atomic E-state index is 12.8. The van der Waals surface area contributed by atoms with Crippen molar-refractivity contribution in [2.75, 3.05) is 6.54 Å². The molecule has 4 heteroatoms. The first-order valence-corrected chi connectivity index (χ1v) is 6.93. The van der Waals surface area contributed by atoms with Crippen molar-refractivity contribution in [3.8, 4) is 0 Å². The van der Waals surface area contributed by atoms with Crippen molar-refractivity contribution in [2.45, 2.75) is 32.2 Å². The zero-order valence-electron chi connectivity index (χ0n) is 11.8. The first-order chi connectivity index (χ1) is 9.50. The van der Waals surface area contributed by atoms with Crippen LogP contribution in [0.25, 0.3) is 10.8 Å². The highest BCUT2D eigenvalue weighted by atomic mass is 16.2. The average Bonchev–Trinajstić information content (AvgIpc) is 2.78. The Morgan fingerprint density at radius 1 is 1.25 bits per heavy atom. The molecule has 1 N–H and O–H groups in total. The zero-order chi connectivity index (χ0) is 14.3. The molecule has 1 amide bonds. The standard InChI is InChI=1S/C16H18N2O2/c1-16(2)8-5-9-18(16)15(20)13-10-17-14(19)12-7-4-3-6-11(12)13/h3-4,6-7,10H,5,8-9H2,1-2H3,(H,17,19). The van der Waals surface area contributed by atoms with Gasteiger partial charge in [-0.05, 0) is 32.8 Å². The highest BCUT2D eigenvalue weighted by Crippen LogP contribution is 2.30. The van der Waals surface area contributed by atoms with Gasteiger partial charge in [-0.15, -0.1) is 0 Å². The number of aromatic nitrogens is 1. The number of likely N-dealkylation sites (tertiary alicyclic amines) is 1. The van der Waals surface area contributed by atoms with E-state index in [0.717, 1.165) is 24.8 Å². The average molecular weight is 270 g/mol. The molecule has 2 heterocycles. The number of H-pyrrole nitrogens is 1. The maximum Gasteiger partial charge on any atom is 0.256 e. The summed E-state index contributed by atoms with van der Waals surface area (Å²) < 4.78 is 0. The van der Waals surface area contributed by atoms with Crippen LogP contribution in [0.5, 0.6) is 0 Å². The number of amides is 1. The third-order valence-electron chi connectivity index (χ3n) is 4.19. The largest absolute Gasteiger partial charge is 0.333 e. The summed E-state index contributed by atoms with van der Waals surface area (Å²) in [7, 11) is 0. The fraction of sp³-hybridized carbons (Fsp3) is 0.375. The van der Waals surface area contributed by atoms with Gasteiger partial charge in [0.15, 0.2) is 0 Å². The Morgan fingerprint density at radius 3 is 2.60 bits per heavy atom. The number of nitrogens with one attached hydrogen (secondary N) is 1. The van der Waals surface area contributed by atoms with Crippen LogP contribution < -0.4 is 5.56 Å². The van der Waals surface area contributed by atoms with Gasteiger partial charge in [-0.25, -0.2) is 0 Å². The van der Waals surface area contributed by atoms with E-state index in [-0.39, 0.29) is 17.0 Å². The molecule has 20 heavy (non-hydrogen) atoms. The molecular formula is C16H18N2O2. The summed E-state index contributed by atoms with van der Waals surface area (Å²) in [6.07, 6.45) is 3.58. The van der Waals surface area contributed by atoms with Crippen molar-refractivity contribution in [3.05, 3.63) is 46.4 Å². The summed E-state index contributed by atoms with van der Waals surface area (Å²) in [5, 5.41) is 1.29. The first kappa shape index (κ1) is 12.9. The second-order valence-electron chi connectivity index (χ2n) is 5.95. The van der Waals surface area contributed by atoms with E-state index >= 15 is 0 Å². The summed E-state index contributed by atoms with van der Waals surface area (Å²) in [5.74, 6) is -0.0000463. The van der Waals surface area contributed by atoms with Crippen molar-refractivity contribution in [2.24, 2.45) is 0 Å². The van der Waals surface area contributed by atoms with Crippen LogP contribution in [0.1, 0.15) is 37.0 Å². The maximum atomic E-state index is 12.8. The Kier molecular flexibility index (Phi) is 2.89. The molecule has 1 aliphatic rings. The van der Waals surface area contributed by atoms with Gasteiger partial charge in [0.25, 0.3) is 11.5 Å². The summed E-state index contributed by atoms with van der Waals surface area (Å²) in [5.41, 5.74) is 0.307. The summed E-state index contributed by atoms with van der Waals surface area (Å²) in [6, 6.07) is 7.25. The monoisotopic (exact) mass is 270 g/mol. The van der Waals surface area contributed by atoms with E-state index in [1.807, 2.05) is 23.1 Å². The molecule has 0 bridgehead atoms. The molecular weight excluding hydrogens is 252 g/mol. The van der Waals surface area contributed by atoms with Crippen molar-refractivity contribution in [1.29, 1.82) is 0 Å². The normalized spacial score (nSPS) is 17.6. The van der Waals surface area contributed by atoms with Crippen LogP contribution in [-0.2, 0) is 0 Å². The lowest BCUT2D eigenvalue weighted by Gasteiger charge is -2.31. The topological polar surface area (TPSA) is 53.2 Å². The van der Waals surface area contributed by atoms with Gasteiger partial charge in [0.05, 0.1) is 5.56 Å². The Hall–Kier alpha value is -2.10. The molecule has 1 aromatic heterocycles. The van der Waals surface area contributed by atoms with Gasteiger partial charge in [-0.3, -0.25) is 9.59 Å². The van der Waals surface area contributed by atoms with E-state index < -0.39 is 0 Å². The van der Waals surface area contributed by atoms with Gasteiger partial charge in [0.1, 0.15) is 0 Å². The summed E-state index contributed by atoms with van der Waals surface area (Å²) >= 11 is 0. The van der Waals surface area contributed by atoms with E-state index in [2.05, 4.69) is 18.8 Å². The van der Waals surface area contributed by atoms with E-state index in [1.54, 1.807) is 12.3 Å². The van der Waals surface area contributed by atoms with E-state index in [1.165, 1.54) is 0 Å². The molecule has 0 spiro atoms. The fourth-order valence-corrected chi connectivity index (χ4v) is 3.02. The Morgan fingerprint density at radius 2 is 1.95 bits per heavy atom. The van der Waals surface area contributed by atoms with Crippen LogP contribution in [0.2, 0.25) is 0 Å². The van der Waals surface area contributed by atoms with Gasteiger partial charge >= 0.3 is 0 Å². The smallest absolute Gasteiger partial charge is 0.256 e. The minimum absolute atomic E-state index is 0.0000463. The van der Waals surface area contributed by atoms with Crippen molar-refractivity contribution in [1.82, 2.24) is 9.88 Å². The minimum atomic E-state index is -0.155. The van der Waals surface area contributed by atoms with Crippen LogP contribution in [0.15, 0.2) is 35.3 Å². The van der Waals surface area contributed by atoms with Crippen LogP contribution in [0.3, 0.4) is 0 Å². The molecule has 1 aliphatic heterocycles. The Labute approximate surface area is 117 Å². The Balaban J connectivity index is 2.14. The lowest BCUT2D eigenvalue weighted by atomic mass is 10.0. The van der Waals surface area contributed by atoms with Crippen LogP contribution >= 0.6 is 0 Å². The highest BCUT2D eigenvalue weighted by molar-refractivity contribution is 6.06. The third-order valence-corrected chi connectivity index (χ3v) is 4.19. The van der Waals surface area contributed by atoms with Crippen LogP contribution in [0, 0.1) is 0 Å². The van der Waals surface area contributed by atoms with Gasteiger partial charge < -0.3 is 9.88 Å². The van der Waals surface area contributed by atoms with Crippen LogP contribution in [-0.4, -0.2) is 27.9 Å². The number of nitrogens with zero attached hydrogens (tertiary/aromatic N) is 1. The molecule has 1 saturated heterocycles. The van der Waals surface area contributed by atoms with Crippen molar-refractivity contribution in [3.63, 3.8) is 0 Å². The number of benzene rings is 1. The number of carbonyl (C=O) groups is 1. The predicted molar refractivity (Wildman–Crippen MR) is 78.9 cm³/mol. The second-order valence-corrected chi connectivity index (χ2v) is 5.95. The molecule has 0 radical (unpaired) electrons. The van der Waals surface area contributed by atoms with Crippen molar-refractivity contribution < 1.29 is 4.79 Å². The Bertz CT molecular complexity index is 731. The van der Waals surface area contributed by atoms with Crippen molar-refractivity contribution >= 4 is 16.7 Å². The number of fused-ring (bicyclic) bond motifs is 1. The lowest BCUT2D eigenvalue weighted by molar-refractivity contribution is 0.0653. The molecule has 4 nitrogen and oxygen atoms in total. The predicted octanol–water partition coefficient (Wildman–Crippen LogP) is 2.54. The SMILES string of the molecule is CC1(C)CCCN1C(=O)c1c[nH]c(=O)c2ccccc12. The van der Waals surface area contributed by atoms with E-state index in [4.69, 9.17) is 0 Å². The molecule has 0 atom stereocenters. The summed E-state index contributed by atoms with van der Waals surface area (Å²) in [4.78, 5) is 29.2. The molecule has 0 aliphatic carbocycles. The number of hydrogen-bond acceptors (Lipinski definition) is 2. The molecule has 1 fully saturated rings. The van der Waals surface area contributed by atoms with E-state index in [9.17, 15) is 9.59 Å². The molecule has 2 aromatic rings. The number of aromatic amines is 1. The van der Waals surface area contributed by atoms with Gasteiger partial charge in [0.2, 0.25) is 0 Å². The summed E-state index contributed by atoms with van der Waals surface area (Å²) in [6.45, 7) is 4.96. The van der Waals surface area contributed by atoms with Gasteiger partial charge in [0, 0.05) is 29.1 Å². The molecule has 3 rings (SSSR count). The molecule has 0 unspecified atom stereocenters. The lowest BCUT2D eigenvalue weighted by Crippen LogP contribution is -2.42. The fourth-order valence-electron chi connectivity index (χ4n) is 3.02. The van der Waals surface area contributed by atoms with E-state index in [0.29, 0.717) is 10.9 Å². The minimum Gasteiger partial charge on any atom is -0.333 e. The number of carbonyl (C=O) groups excluding carboxylic acids is 1. The zero-order valence-corrected chi connectivity index (χ0v) is 11.8. The van der Waals surface area contributed by atoms with Crippen LogP contribution in [0.4, 0.5) is 0 Å². The molecule has 0 saturated carbocycles.